The number of carbonyl (C=O) groups is 5. The van der Waals surface area contributed by atoms with E-state index in [0.29, 0.717) is 5.56 Å². The zero-order valence-corrected chi connectivity index (χ0v) is 20.5. The second-order valence-corrected chi connectivity index (χ2v) is 7.86. The first-order valence-electron chi connectivity index (χ1n) is 11.6. The standard InChI is InChI=1S/C26H30N2O9/c1-3-36-19(29)15-18(26(35)37-4-2)21(25(33)34)28-24(32)22(30)20(16-11-7-5-8-12-16)27-23(31)17-13-9-6-10-14-17/h5-14,18,20-22,30H,3-4,15H2,1-2H3,(H,27,31)(H,28,32)(H,33,34)/t18-,20-,21+,22+/m0/s1. The predicted octanol–water partition coefficient (Wildman–Crippen LogP) is 1.22. The number of benzene rings is 2. The molecule has 0 aliphatic carbocycles. The van der Waals surface area contributed by atoms with Gasteiger partial charge in [-0.05, 0) is 31.5 Å². The highest BCUT2D eigenvalue weighted by Crippen LogP contribution is 2.20. The van der Waals surface area contributed by atoms with Crippen molar-refractivity contribution >= 4 is 29.7 Å². The summed E-state index contributed by atoms with van der Waals surface area (Å²) >= 11 is 0. The summed E-state index contributed by atoms with van der Waals surface area (Å²) in [6, 6.07) is 13.0. The van der Waals surface area contributed by atoms with Crippen molar-refractivity contribution in [2.24, 2.45) is 5.92 Å². The van der Waals surface area contributed by atoms with E-state index in [2.05, 4.69) is 10.6 Å². The van der Waals surface area contributed by atoms with Crippen LogP contribution in [0.25, 0.3) is 0 Å². The van der Waals surface area contributed by atoms with E-state index >= 15 is 0 Å². The minimum absolute atomic E-state index is 0.00292. The summed E-state index contributed by atoms with van der Waals surface area (Å²) in [5.41, 5.74) is 0.644. The highest BCUT2D eigenvalue weighted by molar-refractivity contribution is 5.96. The lowest BCUT2D eigenvalue weighted by Crippen LogP contribution is -2.54. The molecule has 0 unspecified atom stereocenters. The number of nitrogens with one attached hydrogen (secondary N) is 2. The molecule has 0 radical (unpaired) electrons. The largest absolute Gasteiger partial charge is 0.480 e. The fourth-order valence-electron chi connectivity index (χ4n) is 3.53. The molecule has 0 saturated carbocycles. The molecule has 37 heavy (non-hydrogen) atoms. The van der Waals surface area contributed by atoms with Gasteiger partial charge in [-0.2, -0.15) is 0 Å². The van der Waals surface area contributed by atoms with Crippen LogP contribution in [-0.2, 0) is 28.7 Å². The van der Waals surface area contributed by atoms with E-state index in [9.17, 15) is 34.2 Å². The maximum Gasteiger partial charge on any atom is 0.327 e. The number of esters is 2. The molecular formula is C26H30N2O9. The lowest BCUT2D eigenvalue weighted by molar-refractivity contribution is -0.160. The van der Waals surface area contributed by atoms with Gasteiger partial charge in [0.05, 0.1) is 31.6 Å². The van der Waals surface area contributed by atoms with Crippen LogP contribution in [0, 0.1) is 5.92 Å². The number of aliphatic hydroxyl groups is 1. The zero-order valence-electron chi connectivity index (χ0n) is 20.5. The molecule has 2 aromatic rings. The summed E-state index contributed by atoms with van der Waals surface area (Å²) in [5.74, 6) is -6.92. The summed E-state index contributed by atoms with van der Waals surface area (Å²) < 4.78 is 9.71. The van der Waals surface area contributed by atoms with Crippen molar-refractivity contribution < 1.29 is 43.7 Å². The first-order chi connectivity index (χ1) is 17.7. The van der Waals surface area contributed by atoms with E-state index in [1.165, 1.54) is 13.8 Å². The molecule has 0 heterocycles. The number of aliphatic hydroxyl groups excluding tert-OH is 1. The molecule has 0 saturated heterocycles. The molecule has 2 rings (SSSR count). The van der Waals surface area contributed by atoms with Crippen LogP contribution >= 0.6 is 0 Å². The Morgan fingerprint density at radius 1 is 0.838 bits per heavy atom. The number of hydrogen-bond donors (Lipinski definition) is 4. The van der Waals surface area contributed by atoms with Crippen molar-refractivity contribution in [2.75, 3.05) is 13.2 Å². The molecule has 2 aromatic carbocycles. The van der Waals surface area contributed by atoms with Gasteiger partial charge in [0.15, 0.2) is 6.10 Å². The minimum Gasteiger partial charge on any atom is -0.480 e. The third-order valence-corrected chi connectivity index (χ3v) is 5.31. The van der Waals surface area contributed by atoms with Gasteiger partial charge in [-0.15, -0.1) is 0 Å². The van der Waals surface area contributed by atoms with Gasteiger partial charge in [-0.25, -0.2) is 4.79 Å². The second kappa shape index (κ2) is 14.3. The van der Waals surface area contributed by atoms with Crippen molar-refractivity contribution in [1.82, 2.24) is 10.6 Å². The van der Waals surface area contributed by atoms with Crippen LogP contribution in [0.5, 0.6) is 0 Å². The van der Waals surface area contributed by atoms with E-state index in [0.717, 1.165) is 0 Å². The quantitative estimate of drug-likeness (QED) is 0.287. The fraction of sp³-hybridized carbons (Fsp3) is 0.346. The number of carboxylic acids is 1. The Labute approximate surface area is 213 Å². The average molecular weight is 515 g/mol. The van der Waals surface area contributed by atoms with Gasteiger partial charge in [-0.1, -0.05) is 48.5 Å². The minimum atomic E-state index is -1.96. The van der Waals surface area contributed by atoms with E-state index in [1.54, 1.807) is 60.7 Å². The summed E-state index contributed by atoms with van der Waals surface area (Å²) in [5, 5.41) is 25.4. The van der Waals surface area contributed by atoms with Gasteiger partial charge in [0.1, 0.15) is 6.04 Å². The maximum absolute atomic E-state index is 13.0. The van der Waals surface area contributed by atoms with E-state index < -0.39 is 60.2 Å². The number of carbonyl (C=O) groups excluding carboxylic acids is 4. The Hall–Kier alpha value is -4.25. The lowest BCUT2D eigenvalue weighted by Gasteiger charge is -2.27. The topological polar surface area (TPSA) is 168 Å². The van der Waals surface area contributed by atoms with Crippen LogP contribution in [0.15, 0.2) is 60.7 Å². The first kappa shape index (κ1) is 29.0. The fourth-order valence-corrected chi connectivity index (χ4v) is 3.53. The highest BCUT2D eigenvalue weighted by Gasteiger charge is 2.40. The van der Waals surface area contributed by atoms with E-state index in [4.69, 9.17) is 9.47 Å². The summed E-state index contributed by atoms with van der Waals surface area (Å²) in [7, 11) is 0. The molecule has 4 atom stereocenters. The van der Waals surface area contributed by atoms with Crippen LogP contribution in [-0.4, -0.2) is 65.3 Å². The molecule has 0 fully saturated rings. The Morgan fingerprint density at radius 2 is 1.41 bits per heavy atom. The number of ether oxygens (including phenoxy) is 2. The van der Waals surface area contributed by atoms with Crippen LogP contribution in [0.1, 0.15) is 42.2 Å². The van der Waals surface area contributed by atoms with Crippen molar-refractivity contribution in [3.63, 3.8) is 0 Å². The Kier molecular flexibility index (Phi) is 11.2. The van der Waals surface area contributed by atoms with Crippen LogP contribution in [0.2, 0.25) is 0 Å². The molecule has 0 aliphatic heterocycles. The van der Waals surface area contributed by atoms with Gasteiger partial charge in [0, 0.05) is 5.56 Å². The van der Waals surface area contributed by atoms with E-state index in [-0.39, 0.29) is 18.8 Å². The Morgan fingerprint density at radius 3 is 1.95 bits per heavy atom. The van der Waals surface area contributed by atoms with Gasteiger partial charge in [0.2, 0.25) is 0 Å². The third kappa shape index (κ3) is 8.43. The smallest absolute Gasteiger partial charge is 0.327 e. The number of rotatable bonds is 13. The molecule has 0 spiro atoms. The van der Waals surface area contributed by atoms with Gasteiger partial charge in [-0.3, -0.25) is 19.2 Å². The molecule has 0 bridgehead atoms. The van der Waals surface area contributed by atoms with Crippen LogP contribution in [0.3, 0.4) is 0 Å². The lowest BCUT2D eigenvalue weighted by atomic mass is 9.94. The maximum atomic E-state index is 13.0. The van der Waals surface area contributed by atoms with Gasteiger partial charge in [0.25, 0.3) is 11.8 Å². The molecule has 0 aromatic heterocycles. The molecule has 2 amide bonds. The van der Waals surface area contributed by atoms with Crippen molar-refractivity contribution in [2.45, 2.75) is 38.5 Å². The Balaban J connectivity index is 2.32. The van der Waals surface area contributed by atoms with Crippen molar-refractivity contribution in [3.05, 3.63) is 71.8 Å². The highest BCUT2D eigenvalue weighted by atomic mass is 16.5. The van der Waals surface area contributed by atoms with Gasteiger partial charge < -0.3 is 30.3 Å². The average Bonchev–Trinajstić information content (AvgIpc) is 2.89. The molecule has 198 valence electrons. The SMILES string of the molecule is CCOC(=O)C[C@H](C(=O)OCC)[C@@H](NC(=O)[C@H](O)[C@@H](NC(=O)c1ccccc1)c1ccccc1)C(=O)O. The number of carboxylic acid groups (broad SMARTS) is 1. The Bertz CT molecular complexity index is 1080. The first-order valence-corrected chi connectivity index (χ1v) is 11.6. The predicted molar refractivity (Wildman–Crippen MR) is 130 cm³/mol. The molecule has 0 aliphatic rings. The molecule has 11 nitrogen and oxygen atoms in total. The summed E-state index contributed by atoms with van der Waals surface area (Å²) in [6.07, 6.45) is -2.63. The normalized spacial score (nSPS) is 13.8. The van der Waals surface area contributed by atoms with Crippen molar-refractivity contribution in [1.29, 1.82) is 0 Å². The van der Waals surface area contributed by atoms with Crippen LogP contribution in [0.4, 0.5) is 0 Å². The summed E-state index contributed by atoms with van der Waals surface area (Å²) in [4.78, 5) is 62.3. The van der Waals surface area contributed by atoms with Crippen molar-refractivity contribution in [3.8, 4) is 0 Å². The number of aliphatic carboxylic acids is 1. The number of amides is 2. The third-order valence-electron chi connectivity index (χ3n) is 5.31. The van der Waals surface area contributed by atoms with Gasteiger partial charge >= 0.3 is 17.9 Å². The zero-order chi connectivity index (χ0) is 27.4. The summed E-state index contributed by atoms with van der Waals surface area (Å²) in [6.45, 7) is 2.94. The molecular weight excluding hydrogens is 484 g/mol. The molecule has 4 N–H and O–H groups in total. The van der Waals surface area contributed by atoms with Crippen LogP contribution < -0.4 is 10.6 Å². The molecule has 11 heteroatoms. The number of hydrogen-bond acceptors (Lipinski definition) is 8. The monoisotopic (exact) mass is 514 g/mol. The second-order valence-electron chi connectivity index (χ2n) is 7.86. The van der Waals surface area contributed by atoms with E-state index in [1.807, 2.05) is 0 Å².